The lowest BCUT2D eigenvalue weighted by Crippen LogP contribution is -2.33. The van der Waals surface area contributed by atoms with Crippen LogP contribution < -0.4 is 10.2 Å². The Kier molecular flexibility index (Phi) is 5.81. The third-order valence-electron chi connectivity index (χ3n) is 3.28. The van der Waals surface area contributed by atoms with E-state index >= 15 is 0 Å². The summed E-state index contributed by atoms with van der Waals surface area (Å²) in [7, 11) is 0. The molecule has 0 aliphatic heterocycles. The van der Waals surface area contributed by atoms with Crippen molar-refractivity contribution in [1.82, 2.24) is 5.48 Å². The van der Waals surface area contributed by atoms with E-state index in [4.69, 9.17) is 14.8 Å². The highest BCUT2D eigenvalue weighted by atomic mass is 16.7. The molecule has 2 N–H and O–H groups in total. The van der Waals surface area contributed by atoms with Crippen LogP contribution in [0.2, 0.25) is 0 Å². The largest absolute Gasteiger partial charge is 0.491 e. The smallest absolute Gasteiger partial charge is 0.120 e. The van der Waals surface area contributed by atoms with Gasteiger partial charge in [-0.2, -0.15) is 10.7 Å². The van der Waals surface area contributed by atoms with Gasteiger partial charge in [-0.05, 0) is 31.0 Å². The van der Waals surface area contributed by atoms with Crippen molar-refractivity contribution >= 4 is 0 Å². The number of hydroxylamine groups is 1. The third kappa shape index (κ3) is 4.82. The van der Waals surface area contributed by atoms with E-state index in [0.29, 0.717) is 17.9 Å². The summed E-state index contributed by atoms with van der Waals surface area (Å²) in [5.41, 5.74) is 3.34. The summed E-state index contributed by atoms with van der Waals surface area (Å²) in [6.45, 7) is 0.490. The van der Waals surface area contributed by atoms with E-state index in [1.165, 1.54) is 12.8 Å². The maximum absolute atomic E-state index is 9.78. The first kappa shape index (κ1) is 14.8. The van der Waals surface area contributed by atoms with Crippen molar-refractivity contribution < 1.29 is 14.7 Å². The fourth-order valence-electron chi connectivity index (χ4n) is 2.18. The minimum absolute atomic E-state index is 0.163. The van der Waals surface area contributed by atoms with Gasteiger partial charge in [0.25, 0.3) is 0 Å². The van der Waals surface area contributed by atoms with Crippen LogP contribution in [0.5, 0.6) is 5.75 Å². The number of ether oxygens (including phenoxy) is 1. The molecule has 5 heteroatoms. The lowest BCUT2D eigenvalue weighted by Gasteiger charge is -2.15. The molecule has 0 amide bonds. The van der Waals surface area contributed by atoms with Crippen LogP contribution in [0, 0.1) is 11.3 Å². The van der Waals surface area contributed by atoms with Crippen molar-refractivity contribution in [1.29, 1.82) is 5.26 Å². The zero-order valence-corrected chi connectivity index (χ0v) is 11.4. The van der Waals surface area contributed by atoms with Crippen molar-refractivity contribution in [3.8, 4) is 11.8 Å². The number of rotatable bonds is 7. The van der Waals surface area contributed by atoms with E-state index < -0.39 is 6.10 Å². The number of aliphatic hydroxyl groups excluding tert-OH is 1. The highest BCUT2D eigenvalue weighted by Crippen LogP contribution is 2.19. The molecule has 1 aliphatic rings. The van der Waals surface area contributed by atoms with E-state index in [0.717, 1.165) is 12.8 Å². The summed E-state index contributed by atoms with van der Waals surface area (Å²) in [6.07, 6.45) is 4.22. The summed E-state index contributed by atoms with van der Waals surface area (Å²) in [5, 5.41) is 18.6. The van der Waals surface area contributed by atoms with E-state index in [1.807, 2.05) is 6.07 Å². The summed E-state index contributed by atoms with van der Waals surface area (Å²) >= 11 is 0. The minimum Gasteiger partial charge on any atom is -0.491 e. The number of nitriles is 1. The van der Waals surface area contributed by atoms with E-state index in [2.05, 4.69) is 5.48 Å². The summed E-state index contributed by atoms with van der Waals surface area (Å²) in [6, 6.07) is 8.91. The second kappa shape index (κ2) is 7.85. The average molecular weight is 276 g/mol. The molecule has 1 aromatic carbocycles. The number of hydrogen-bond acceptors (Lipinski definition) is 5. The van der Waals surface area contributed by atoms with Crippen LogP contribution >= 0.6 is 0 Å². The van der Waals surface area contributed by atoms with Crippen LogP contribution in [0.3, 0.4) is 0 Å². The Hall–Kier alpha value is -1.61. The molecule has 1 fully saturated rings. The fraction of sp³-hybridized carbons (Fsp3) is 0.533. The first-order valence-corrected chi connectivity index (χ1v) is 6.97. The van der Waals surface area contributed by atoms with Crippen LogP contribution in [0.15, 0.2) is 24.3 Å². The highest BCUT2D eigenvalue weighted by Gasteiger charge is 2.16. The molecule has 1 unspecified atom stereocenters. The van der Waals surface area contributed by atoms with Gasteiger partial charge in [-0.25, -0.2) is 0 Å². The van der Waals surface area contributed by atoms with Gasteiger partial charge >= 0.3 is 0 Å². The van der Waals surface area contributed by atoms with Gasteiger partial charge in [-0.15, -0.1) is 0 Å². The van der Waals surface area contributed by atoms with Crippen LogP contribution in [0.4, 0.5) is 0 Å². The van der Waals surface area contributed by atoms with Gasteiger partial charge in [-0.1, -0.05) is 18.9 Å². The fourth-order valence-corrected chi connectivity index (χ4v) is 2.18. The zero-order valence-electron chi connectivity index (χ0n) is 11.4. The van der Waals surface area contributed by atoms with Gasteiger partial charge in [0, 0.05) is 0 Å². The molecular formula is C15H20N2O3. The molecule has 0 spiro atoms. The molecule has 20 heavy (non-hydrogen) atoms. The standard InChI is InChI=1S/C15H20N2O3/c16-9-12-4-3-7-15(8-12)19-11-13(18)10-17-20-14-5-1-2-6-14/h3-4,7-8,13-14,17-18H,1-2,5-6,10-11H2. The SMILES string of the molecule is N#Cc1cccc(OCC(O)CNOC2CCCC2)c1. The Bertz CT molecular complexity index is 453. The second-order valence-corrected chi connectivity index (χ2v) is 4.98. The van der Waals surface area contributed by atoms with Crippen molar-refractivity contribution in [2.75, 3.05) is 13.2 Å². The zero-order chi connectivity index (χ0) is 14.2. The summed E-state index contributed by atoms with van der Waals surface area (Å²) < 4.78 is 5.44. The predicted molar refractivity (Wildman–Crippen MR) is 74.0 cm³/mol. The van der Waals surface area contributed by atoms with Crippen molar-refractivity contribution in [3.05, 3.63) is 29.8 Å². The highest BCUT2D eigenvalue weighted by molar-refractivity contribution is 5.36. The van der Waals surface area contributed by atoms with Crippen LogP contribution in [0.1, 0.15) is 31.2 Å². The molecular weight excluding hydrogens is 256 g/mol. The van der Waals surface area contributed by atoms with E-state index in [-0.39, 0.29) is 12.7 Å². The average Bonchev–Trinajstić information content (AvgIpc) is 2.98. The van der Waals surface area contributed by atoms with E-state index in [9.17, 15) is 5.11 Å². The van der Waals surface area contributed by atoms with Crippen LogP contribution in [-0.2, 0) is 4.84 Å². The minimum atomic E-state index is -0.651. The molecule has 0 aromatic heterocycles. The quantitative estimate of drug-likeness (QED) is 0.742. The number of nitrogens with one attached hydrogen (secondary N) is 1. The molecule has 0 heterocycles. The van der Waals surface area contributed by atoms with E-state index in [1.54, 1.807) is 24.3 Å². The maximum atomic E-state index is 9.78. The second-order valence-electron chi connectivity index (χ2n) is 4.98. The summed E-state index contributed by atoms with van der Waals surface area (Å²) in [5.74, 6) is 0.583. The molecule has 0 radical (unpaired) electrons. The lowest BCUT2D eigenvalue weighted by molar-refractivity contribution is -0.0417. The molecule has 0 saturated heterocycles. The van der Waals surface area contributed by atoms with Crippen LogP contribution in [-0.4, -0.2) is 30.5 Å². The Morgan fingerprint density at radius 3 is 2.95 bits per heavy atom. The Morgan fingerprint density at radius 1 is 1.40 bits per heavy atom. The van der Waals surface area contributed by atoms with Gasteiger partial charge in [0.15, 0.2) is 0 Å². The monoisotopic (exact) mass is 276 g/mol. The van der Waals surface area contributed by atoms with Gasteiger partial charge in [0.2, 0.25) is 0 Å². The molecule has 1 atom stereocenters. The molecule has 2 rings (SSSR count). The molecule has 5 nitrogen and oxygen atoms in total. The van der Waals surface area contributed by atoms with Gasteiger partial charge in [-0.3, -0.25) is 4.84 Å². The number of hydrogen-bond donors (Lipinski definition) is 2. The maximum Gasteiger partial charge on any atom is 0.120 e. The Morgan fingerprint density at radius 2 is 2.20 bits per heavy atom. The van der Waals surface area contributed by atoms with Crippen LogP contribution in [0.25, 0.3) is 0 Å². The molecule has 1 aliphatic carbocycles. The first-order valence-electron chi connectivity index (χ1n) is 6.97. The molecule has 1 saturated carbocycles. The van der Waals surface area contributed by atoms with Crippen molar-refractivity contribution in [2.24, 2.45) is 0 Å². The Balaban J connectivity index is 1.64. The first-order chi connectivity index (χ1) is 9.78. The normalized spacial score (nSPS) is 16.8. The lowest BCUT2D eigenvalue weighted by atomic mass is 10.2. The van der Waals surface area contributed by atoms with Gasteiger partial charge in [0.05, 0.1) is 24.3 Å². The third-order valence-corrected chi connectivity index (χ3v) is 3.28. The topological polar surface area (TPSA) is 74.5 Å². The van der Waals surface area contributed by atoms with Crippen molar-refractivity contribution in [3.63, 3.8) is 0 Å². The summed E-state index contributed by atoms with van der Waals surface area (Å²) in [4.78, 5) is 5.45. The number of aliphatic hydroxyl groups is 1. The predicted octanol–water partition coefficient (Wildman–Crippen LogP) is 1.76. The van der Waals surface area contributed by atoms with Gasteiger partial charge in [0.1, 0.15) is 18.5 Å². The Labute approximate surface area is 119 Å². The number of benzene rings is 1. The van der Waals surface area contributed by atoms with Crippen molar-refractivity contribution in [2.45, 2.75) is 37.9 Å². The molecule has 1 aromatic rings. The molecule has 108 valence electrons. The van der Waals surface area contributed by atoms with Gasteiger partial charge < -0.3 is 9.84 Å². The molecule has 0 bridgehead atoms. The number of nitrogens with zero attached hydrogens (tertiary/aromatic N) is 1.